The summed E-state index contributed by atoms with van der Waals surface area (Å²) in [5.74, 6) is -1.68. The second kappa shape index (κ2) is 11.7. The molecule has 0 heterocycles. The van der Waals surface area contributed by atoms with E-state index in [1.54, 1.807) is 0 Å². The minimum absolute atomic E-state index is 0.0897. The van der Waals surface area contributed by atoms with E-state index >= 15 is 0 Å². The zero-order chi connectivity index (χ0) is 21.4. The van der Waals surface area contributed by atoms with Crippen LogP contribution in [0.3, 0.4) is 0 Å². The van der Waals surface area contributed by atoms with Crippen LogP contribution in [0.1, 0.15) is 27.6 Å². The van der Waals surface area contributed by atoms with E-state index in [0.29, 0.717) is 26.0 Å². The smallest absolute Gasteiger partial charge is 0.253 e. The first kappa shape index (κ1) is 24.9. The summed E-state index contributed by atoms with van der Waals surface area (Å²) in [5, 5.41) is 4.81. The third kappa shape index (κ3) is 5.68. The number of hydrogen-bond acceptors (Lipinski definition) is 6. The van der Waals surface area contributed by atoms with Crippen molar-refractivity contribution in [2.45, 2.75) is 6.92 Å². The molecule has 1 aromatic rings. The summed E-state index contributed by atoms with van der Waals surface area (Å²) in [6, 6.07) is 0. The van der Waals surface area contributed by atoms with Crippen molar-refractivity contribution in [2.75, 3.05) is 24.5 Å². The van der Waals surface area contributed by atoms with Crippen molar-refractivity contribution in [3.63, 3.8) is 0 Å². The van der Waals surface area contributed by atoms with Crippen molar-refractivity contribution in [3.8, 4) is 0 Å². The van der Waals surface area contributed by atoms with Crippen LogP contribution in [0.5, 0.6) is 0 Å². The third-order valence-electron chi connectivity index (χ3n) is 3.35. The summed E-state index contributed by atoms with van der Waals surface area (Å²) >= 11 is 5.54. The zero-order valence-electron chi connectivity index (χ0n) is 14.4. The minimum atomic E-state index is -0.613. The highest BCUT2D eigenvalue weighted by Crippen LogP contribution is 2.38. The lowest BCUT2D eigenvalue weighted by Gasteiger charge is -2.25. The molecule has 0 bridgehead atoms. The highest BCUT2D eigenvalue weighted by molar-refractivity contribution is 14.1. The van der Waals surface area contributed by atoms with Crippen LogP contribution in [-0.2, 0) is 19.2 Å². The molecule has 28 heavy (non-hydrogen) atoms. The fourth-order valence-corrected chi connectivity index (χ4v) is 6.91. The standard InChI is InChI=1S/C16H14I3N3O6/c1-8(26)22(4-7-25)14-12(18)9(15(27)20-2-5-23)11(17)10(13(14)19)16(28)21-3-6-24/h5-7H,2-4H2,1H3,(H,20,27)(H,21,28). The lowest BCUT2D eigenvalue weighted by atomic mass is 10.1. The average molecular weight is 725 g/mol. The summed E-state index contributed by atoms with van der Waals surface area (Å²) in [6.07, 6.45) is 1.55. The van der Waals surface area contributed by atoms with Gasteiger partial charge >= 0.3 is 0 Å². The summed E-state index contributed by atoms with van der Waals surface area (Å²) in [7, 11) is 0. The van der Waals surface area contributed by atoms with Crippen molar-refractivity contribution in [1.82, 2.24) is 10.6 Å². The zero-order valence-corrected chi connectivity index (χ0v) is 20.9. The van der Waals surface area contributed by atoms with Crippen molar-refractivity contribution in [1.29, 1.82) is 0 Å². The van der Waals surface area contributed by atoms with Crippen LogP contribution in [0, 0.1) is 10.7 Å². The maximum absolute atomic E-state index is 12.6. The summed E-state index contributed by atoms with van der Waals surface area (Å²) in [5.41, 5.74) is 0.410. The third-order valence-corrected chi connectivity index (χ3v) is 6.53. The molecule has 0 aliphatic carbocycles. The Morgan fingerprint density at radius 2 is 1.25 bits per heavy atom. The number of anilines is 1. The van der Waals surface area contributed by atoms with Crippen molar-refractivity contribution in [3.05, 3.63) is 21.8 Å². The number of benzene rings is 1. The van der Waals surface area contributed by atoms with E-state index in [1.807, 2.05) is 67.8 Å². The van der Waals surface area contributed by atoms with Crippen LogP contribution in [0.4, 0.5) is 5.69 Å². The van der Waals surface area contributed by atoms with Crippen LogP contribution < -0.4 is 15.5 Å². The van der Waals surface area contributed by atoms with Crippen LogP contribution in [-0.4, -0.2) is 56.2 Å². The van der Waals surface area contributed by atoms with Crippen molar-refractivity contribution >= 4 is 110 Å². The number of aldehydes is 3. The van der Waals surface area contributed by atoms with Gasteiger partial charge in [0, 0.05) is 10.5 Å². The Morgan fingerprint density at radius 1 is 0.821 bits per heavy atom. The van der Waals surface area contributed by atoms with E-state index in [0.717, 1.165) is 4.90 Å². The number of rotatable bonds is 9. The van der Waals surface area contributed by atoms with Gasteiger partial charge in [-0.25, -0.2) is 0 Å². The first-order chi connectivity index (χ1) is 13.2. The second-order valence-corrected chi connectivity index (χ2v) is 8.33. The molecule has 0 radical (unpaired) electrons. The molecular formula is C16H14I3N3O6. The number of nitrogens with one attached hydrogen (secondary N) is 2. The van der Waals surface area contributed by atoms with E-state index in [1.165, 1.54) is 6.92 Å². The highest BCUT2D eigenvalue weighted by atomic mass is 127. The molecule has 0 aromatic heterocycles. The Kier molecular flexibility index (Phi) is 10.4. The van der Waals surface area contributed by atoms with Gasteiger partial charge in [0.25, 0.3) is 11.8 Å². The Hall–Kier alpha value is -1.17. The number of nitrogens with zero attached hydrogens (tertiary/aromatic N) is 1. The predicted molar refractivity (Wildman–Crippen MR) is 125 cm³/mol. The lowest BCUT2D eigenvalue weighted by molar-refractivity contribution is -0.118. The molecule has 0 fully saturated rings. The number of hydrogen-bond donors (Lipinski definition) is 2. The predicted octanol–water partition coefficient (Wildman–Crippen LogP) is 0.910. The van der Waals surface area contributed by atoms with Gasteiger partial charge in [0.15, 0.2) is 0 Å². The molecule has 0 unspecified atom stereocenters. The van der Waals surface area contributed by atoms with Gasteiger partial charge in [-0.15, -0.1) is 0 Å². The molecule has 0 atom stereocenters. The first-order valence-electron chi connectivity index (χ1n) is 7.58. The van der Waals surface area contributed by atoms with E-state index in [9.17, 15) is 28.8 Å². The quantitative estimate of drug-likeness (QED) is 0.288. The number of carbonyl (C=O) groups excluding carboxylic acids is 6. The molecule has 2 N–H and O–H groups in total. The fraction of sp³-hybridized carbons (Fsp3) is 0.250. The van der Waals surface area contributed by atoms with E-state index in [4.69, 9.17) is 0 Å². The largest absolute Gasteiger partial charge is 0.345 e. The summed E-state index contributed by atoms with van der Waals surface area (Å²) in [6.45, 7) is 0.520. The Balaban J connectivity index is 3.83. The fourth-order valence-electron chi connectivity index (χ4n) is 2.18. The van der Waals surface area contributed by atoms with Crippen molar-refractivity contribution in [2.24, 2.45) is 0 Å². The molecule has 9 nitrogen and oxygen atoms in total. The molecule has 0 saturated carbocycles. The molecule has 3 amide bonds. The van der Waals surface area contributed by atoms with Gasteiger partial charge in [-0.1, -0.05) is 0 Å². The molecule has 150 valence electrons. The molecular weight excluding hydrogens is 711 g/mol. The topological polar surface area (TPSA) is 130 Å². The van der Waals surface area contributed by atoms with E-state index in [-0.39, 0.29) is 40.0 Å². The summed E-state index contributed by atoms with van der Waals surface area (Å²) < 4.78 is 0.981. The van der Waals surface area contributed by atoms with Gasteiger partial charge in [-0.2, -0.15) is 0 Å². The SMILES string of the molecule is CC(=O)N(CC=O)c1c(I)c(C(=O)NCC=O)c(I)c(C(=O)NCC=O)c1I. The van der Waals surface area contributed by atoms with E-state index in [2.05, 4.69) is 10.6 Å². The molecule has 1 aromatic carbocycles. The first-order valence-corrected chi connectivity index (χ1v) is 10.8. The normalized spacial score (nSPS) is 10.0. The highest BCUT2D eigenvalue weighted by Gasteiger charge is 2.30. The molecule has 0 saturated heterocycles. The molecule has 0 spiro atoms. The Bertz CT molecular complexity index is 792. The molecule has 0 aliphatic rings. The molecule has 1 rings (SSSR count). The summed E-state index contributed by atoms with van der Waals surface area (Å²) in [4.78, 5) is 70.7. The van der Waals surface area contributed by atoms with Gasteiger partial charge in [0.1, 0.15) is 18.9 Å². The van der Waals surface area contributed by atoms with Crippen LogP contribution in [0.25, 0.3) is 0 Å². The second-order valence-electron chi connectivity index (χ2n) is 5.09. The number of halogens is 3. The van der Waals surface area contributed by atoms with Gasteiger partial charge in [-0.3, -0.25) is 14.4 Å². The number of carbonyl (C=O) groups is 6. The van der Waals surface area contributed by atoms with Crippen LogP contribution in [0.15, 0.2) is 0 Å². The van der Waals surface area contributed by atoms with Gasteiger partial charge in [0.05, 0.1) is 43.6 Å². The van der Waals surface area contributed by atoms with Crippen molar-refractivity contribution < 1.29 is 28.8 Å². The average Bonchev–Trinajstić information content (AvgIpc) is 2.63. The Labute approximate surface area is 201 Å². The lowest BCUT2D eigenvalue weighted by Crippen LogP contribution is -2.36. The maximum atomic E-state index is 12.6. The van der Waals surface area contributed by atoms with Gasteiger partial charge in [-0.05, 0) is 67.8 Å². The Morgan fingerprint density at radius 3 is 1.57 bits per heavy atom. The van der Waals surface area contributed by atoms with Crippen LogP contribution >= 0.6 is 67.8 Å². The minimum Gasteiger partial charge on any atom is -0.345 e. The monoisotopic (exact) mass is 725 g/mol. The van der Waals surface area contributed by atoms with Gasteiger partial charge < -0.3 is 29.9 Å². The maximum Gasteiger partial charge on any atom is 0.253 e. The molecule has 0 aliphatic heterocycles. The van der Waals surface area contributed by atoms with E-state index < -0.39 is 17.7 Å². The van der Waals surface area contributed by atoms with Crippen LogP contribution in [0.2, 0.25) is 0 Å². The number of amides is 3. The molecule has 12 heteroatoms. The van der Waals surface area contributed by atoms with Gasteiger partial charge in [0.2, 0.25) is 5.91 Å².